The number of aliphatic hydroxyl groups is 1. The van der Waals surface area contributed by atoms with Crippen LogP contribution in [-0.2, 0) is 32.5 Å². The molecule has 0 aromatic carbocycles. The van der Waals surface area contributed by atoms with Crippen molar-refractivity contribution in [2.45, 2.75) is 65.9 Å². The molecule has 1 aliphatic heterocycles. The number of aliphatic hydroxyl groups excluding tert-OH is 1. The number of carbonyl (C=O) groups excluding carboxylic acids is 2. The zero-order chi connectivity index (χ0) is 31.8. The second-order valence-corrected chi connectivity index (χ2v) is 15.3. The molecule has 1 aromatic heterocycles. The van der Waals surface area contributed by atoms with E-state index < -0.39 is 61.0 Å². The number of nitrogens with one attached hydrogen (secondary N) is 1. The Morgan fingerprint density at radius 3 is 2.17 bits per heavy atom. The molecule has 1 fully saturated rings. The highest BCUT2D eigenvalue weighted by atomic mass is 32.2. The topological polar surface area (TPSA) is 212 Å². The first kappa shape index (κ1) is 36.3. The van der Waals surface area contributed by atoms with Crippen molar-refractivity contribution in [1.82, 2.24) is 9.55 Å². The number of rotatable bonds is 14. The molecule has 3 atom stereocenters. The lowest BCUT2D eigenvalue weighted by molar-refractivity contribution is -0.121. The van der Waals surface area contributed by atoms with Crippen LogP contribution < -0.4 is 11.2 Å². The number of hydrogen-bond donors (Lipinski definition) is 2. The van der Waals surface area contributed by atoms with Gasteiger partial charge < -0.3 is 9.84 Å². The Kier molecular flexibility index (Phi) is 13.1. The molecule has 42 heavy (non-hydrogen) atoms. The molecule has 15 nitrogen and oxygen atoms in total. The predicted molar refractivity (Wildman–Crippen MR) is 158 cm³/mol. The van der Waals surface area contributed by atoms with Gasteiger partial charge in [0, 0.05) is 45.9 Å². The SMILES string of the molecule is CC(C)(C)C(=O)SCCOP(=O)(OCCSC(=O)C(C)(C)C)OC[C@@]1(CN=[N+]=[N-])O[C@@H](n2ccc(=O)[nH]c2=O)C[C@@H]1O. The first-order valence-corrected chi connectivity index (χ1v) is 16.4. The highest BCUT2D eigenvalue weighted by molar-refractivity contribution is 8.14. The lowest BCUT2D eigenvalue weighted by atomic mass is 9.98. The lowest BCUT2D eigenvalue weighted by Crippen LogP contribution is -2.47. The minimum absolute atomic E-state index is 0.0980. The molecular formula is C24H38N5O10PS2. The zero-order valence-corrected chi connectivity index (χ0v) is 27.0. The Bertz CT molecular complexity index is 1280. The number of azide groups is 1. The third-order valence-electron chi connectivity index (χ3n) is 5.79. The quantitative estimate of drug-likeness (QED) is 0.0970. The van der Waals surface area contributed by atoms with Gasteiger partial charge in [-0.3, -0.25) is 37.5 Å². The number of ether oxygens (including phenoxy) is 1. The molecule has 0 spiro atoms. The molecule has 1 saturated heterocycles. The summed E-state index contributed by atoms with van der Waals surface area (Å²) in [4.78, 5) is 53.0. The van der Waals surface area contributed by atoms with Gasteiger partial charge in [-0.05, 0) is 5.53 Å². The van der Waals surface area contributed by atoms with Gasteiger partial charge in [-0.1, -0.05) is 70.2 Å². The standard InChI is InChI=1S/C24H38N5O10PS2/c1-22(2,3)19(32)41-11-9-36-40(35,37-10-12-42-20(33)23(4,5)6)38-15-24(14-26-28-25)16(30)13-18(39-24)29-8-7-17(31)27-21(29)34/h7-8,16,18,30H,9-15H2,1-6H3,(H,27,31,34)/t16-,18+,24+/m0/s1. The smallest absolute Gasteiger partial charge is 0.390 e. The van der Waals surface area contributed by atoms with Crippen LogP contribution in [0.15, 0.2) is 27.0 Å². The number of aromatic nitrogens is 2. The number of phosphoric acid groups is 1. The van der Waals surface area contributed by atoms with Crippen molar-refractivity contribution in [3.63, 3.8) is 0 Å². The van der Waals surface area contributed by atoms with E-state index in [1.807, 2.05) is 0 Å². The van der Waals surface area contributed by atoms with Gasteiger partial charge in [0.15, 0.2) is 10.2 Å². The Morgan fingerprint density at radius 1 is 1.14 bits per heavy atom. The van der Waals surface area contributed by atoms with Crippen LogP contribution in [0.3, 0.4) is 0 Å². The fraction of sp³-hybridized carbons (Fsp3) is 0.750. The minimum atomic E-state index is -4.37. The van der Waals surface area contributed by atoms with Crippen LogP contribution in [0.25, 0.3) is 10.4 Å². The molecule has 0 aliphatic carbocycles. The fourth-order valence-electron chi connectivity index (χ4n) is 3.40. The highest BCUT2D eigenvalue weighted by Crippen LogP contribution is 2.51. The molecule has 2 rings (SSSR count). The minimum Gasteiger partial charge on any atom is -0.390 e. The molecule has 1 aromatic rings. The molecule has 236 valence electrons. The highest BCUT2D eigenvalue weighted by Gasteiger charge is 2.50. The maximum atomic E-state index is 13.6. The summed E-state index contributed by atoms with van der Waals surface area (Å²) in [6.45, 7) is 9.10. The van der Waals surface area contributed by atoms with E-state index in [1.54, 1.807) is 41.5 Å². The summed E-state index contributed by atoms with van der Waals surface area (Å²) in [5, 5.41) is 14.2. The number of phosphoric ester groups is 1. The van der Waals surface area contributed by atoms with E-state index in [9.17, 15) is 28.8 Å². The molecule has 0 bridgehead atoms. The normalized spacial score (nSPS) is 21.2. The van der Waals surface area contributed by atoms with E-state index in [1.165, 1.54) is 6.20 Å². The molecule has 1 aliphatic rings. The van der Waals surface area contributed by atoms with Crippen molar-refractivity contribution < 1.29 is 37.6 Å². The Morgan fingerprint density at radius 2 is 1.69 bits per heavy atom. The Labute approximate surface area is 251 Å². The van der Waals surface area contributed by atoms with Gasteiger partial charge in [0.25, 0.3) is 5.56 Å². The number of H-pyrrole nitrogens is 1. The third kappa shape index (κ3) is 10.6. The molecule has 2 heterocycles. The van der Waals surface area contributed by atoms with Gasteiger partial charge in [-0.15, -0.1) is 0 Å². The third-order valence-corrected chi connectivity index (χ3v) is 9.72. The van der Waals surface area contributed by atoms with Gasteiger partial charge in [0.05, 0.1) is 32.5 Å². The average molecular weight is 652 g/mol. The fourth-order valence-corrected chi connectivity index (χ4v) is 6.44. The number of carbonyl (C=O) groups is 2. The Hall–Kier alpha value is -1.94. The zero-order valence-electron chi connectivity index (χ0n) is 24.4. The summed E-state index contributed by atoms with van der Waals surface area (Å²) < 4.78 is 37.1. The second-order valence-electron chi connectivity index (χ2n) is 11.5. The summed E-state index contributed by atoms with van der Waals surface area (Å²) in [6.07, 6.45) is -1.41. The van der Waals surface area contributed by atoms with Crippen molar-refractivity contribution in [2.75, 3.05) is 37.9 Å². The summed E-state index contributed by atoms with van der Waals surface area (Å²) in [6, 6.07) is 1.10. The van der Waals surface area contributed by atoms with E-state index in [-0.39, 0.29) is 41.4 Å². The number of aromatic amines is 1. The van der Waals surface area contributed by atoms with Gasteiger partial charge in [0.1, 0.15) is 11.8 Å². The van der Waals surface area contributed by atoms with Crippen molar-refractivity contribution in [3.05, 3.63) is 43.5 Å². The van der Waals surface area contributed by atoms with E-state index >= 15 is 0 Å². The largest absolute Gasteiger partial charge is 0.474 e. The van der Waals surface area contributed by atoms with Crippen molar-refractivity contribution in [3.8, 4) is 0 Å². The second kappa shape index (κ2) is 15.2. The van der Waals surface area contributed by atoms with Crippen LogP contribution in [0.2, 0.25) is 0 Å². The molecular weight excluding hydrogens is 613 g/mol. The van der Waals surface area contributed by atoms with Crippen molar-refractivity contribution >= 4 is 41.6 Å². The van der Waals surface area contributed by atoms with E-state index in [2.05, 4.69) is 15.0 Å². The average Bonchev–Trinajstić information content (AvgIpc) is 3.21. The maximum absolute atomic E-state index is 13.6. The summed E-state index contributed by atoms with van der Waals surface area (Å²) in [5.74, 6) is 0.286. The summed E-state index contributed by atoms with van der Waals surface area (Å²) in [5.41, 5.74) is 4.57. The molecule has 0 amide bonds. The van der Waals surface area contributed by atoms with E-state index in [0.29, 0.717) is 0 Å². The molecule has 0 radical (unpaired) electrons. The first-order valence-electron chi connectivity index (χ1n) is 13.0. The van der Waals surface area contributed by atoms with Crippen LogP contribution in [-0.4, -0.2) is 74.5 Å². The monoisotopic (exact) mass is 651 g/mol. The summed E-state index contributed by atoms with van der Waals surface area (Å²) in [7, 11) is -4.37. The van der Waals surface area contributed by atoms with Crippen LogP contribution in [0.4, 0.5) is 0 Å². The number of thioether (sulfide) groups is 2. The van der Waals surface area contributed by atoms with Crippen LogP contribution in [0, 0.1) is 10.8 Å². The Balaban J connectivity index is 2.19. The first-order chi connectivity index (χ1) is 19.4. The molecule has 2 N–H and O–H groups in total. The van der Waals surface area contributed by atoms with E-state index in [4.69, 9.17) is 23.8 Å². The van der Waals surface area contributed by atoms with Gasteiger partial charge >= 0.3 is 13.5 Å². The van der Waals surface area contributed by atoms with Gasteiger partial charge in [-0.25, -0.2) is 9.36 Å². The molecule has 0 saturated carbocycles. The van der Waals surface area contributed by atoms with E-state index in [0.717, 1.165) is 34.2 Å². The van der Waals surface area contributed by atoms with Gasteiger partial charge in [0.2, 0.25) is 0 Å². The van der Waals surface area contributed by atoms with Crippen LogP contribution in [0.1, 0.15) is 54.2 Å². The number of nitrogens with zero attached hydrogens (tertiary/aromatic N) is 4. The maximum Gasteiger partial charge on any atom is 0.474 e. The number of hydrogen-bond acceptors (Lipinski definition) is 13. The summed E-state index contributed by atoms with van der Waals surface area (Å²) >= 11 is 1.98. The van der Waals surface area contributed by atoms with Crippen LogP contribution >= 0.6 is 31.3 Å². The van der Waals surface area contributed by atoms with Crippen LogP contribution in [0.5, 0.6) is 0 Å². The molecule has 0 unspecified atom stereocenters. The lowest BCUT2D eigenvalue weighted by Gasteiger charge is -2.31. The van der Waals surface area contributed by atoms with Crippen molar-refractivity contribution in [1.29, 1.82) is 0 Å². The predicted octanol–water partition coefficient (Wildman–Crippen LogP) is 3.64. The van der Waals surface area contributed by atoms with Crippen molar-refractivity contribution in [2.24, 2.45) is 15.9 Å². The molecule has 18 heteroatoms. The van der Waals surface area contributed by atoms with Gasteiger partial charge in [-0.2, -0.15) is 0 Å².